The molecule has 0 saturated heterocycles. The van der Waals surface area contributed by atoms with Crippen LogP contribution in [0.5, 0.6) is 0 Å². The van der Waals surface area contributed by atoms with Crippen LogP contribution in [0.25, 0.3) is 10.9 Å². The van der Waals surface area contributed by atoms with Gasteiger partial charge in [-0.2, -0.15) is 9.78 Å². The summed E-state index contributed by atoms with van der Waals surface area (Å²) in [6.07, 6.45) is 1.71. The van der Waals surface area contributed by atoms with E-state index in [9.17, 15) is 4.79 Å². The maximum absolute atomic E-state index is 13.0. The van der Waals surface area contributed by atoms with Crippen LogP contribution in [0, 0.1) is 0 Å². The number of nitrogens with zero attached hydrogens (tertiary/aromatic N) is 4. The van der Waals surface area contributed by atoms with Gasteiger partial charge in [0.1, 0.15) is 5.82 Å². The Morgan fingerprint density at radius 3 is 2.43 bits per heavy atom. The molecule has 0 aliphatic rings. The summed E-state index contributed by atoms with van der Waals surface area (Å²) in [6, 6.07) is 13.7. The Balaban J connectivity index is 2.02. The molecule has 28 heavy (non-hydrogen) atoms. The van der Waals surface area contributed by atoms with E-state index >= 15 is 0 Å². The summed E-state index contributed by atoms with van der Waals surface area (Å²) in [6.45, 7) is 10.2. The monoisotopic (exact) mass is 440 g/mol. The number of benzene rings is 2. The number of aromatic nitrogens is 2. The lowest BCUT2D eigenvalue weighted by molar-refractivity contribution is 0.665. The molecule has 0 saturated carbocycles. The summed E-state index contributed by atoms with van der Waals surface area (Å²) >= 11 is 3.43. The lowest BCUT2D eigenvalue weighted by Crippen LogP contribution is -2.23. The average Bonchev–Trinajstić information content (AvgIpc) is 2.69. The minimum atomic E-state index is -0.161. The molecule has 0 fully saturated rings. The van der Waals surface area contributed by atoms with Crippen molar-refractivity contribution in [2.45, 2.75) is 33.6 Å². The molecule has 5 nitrogen and oxygen atoms in total. The molecular formula is C22H25BrN4O. The Labute approximate surface area is 173 Å². The van der Waals surface area contributed by atoms with Crippen molar-refractivity contribution in [3.63, 3.8) is 0 Å². The van der Waals surface area contributed by atoms with Gasteiger partial charge in [0, 0.05) is 29.2 Å². The summed E-state index contributed by atoms with van der Waals surface area (Å²) in [5.74, 6) is 0.721. The van der Waals surface area contributed by atoms with Crippen molar-refractivity contribution in [3.05, 3.63) is 68.7 Å². The standard InChI is InChI=1S/C22H25BrN4O/c1-5-26(6-2)18-10-7-16(8-11-18)14-24-27-21(15(3)4)25-20-12-9-17(23)13-19(20)22(27)28/h7-15H,5-6H2,1-4H3. The van der Waals surface area contributed by atoms with Gasteiger partial charge >= 0.3 is 0 Å². The van der Waals surface area contributed by atoms with Gasteiger partial charge in [-0.25, -0.2) is 4.98 Å². The summed E-state index contributed by atoms with van der Waals surface area (Å²) in [7, 11) is 0. The second kappa shape index (κ2) is 8.69. The Morgan fingerprint density at radius 1 is 1.14 bits per heavy atom. The number of hydrogen-bond donors (Lipinski definition) is 0. The van der Waals surface area contributed by atoms with Crippen LogP contribution in [0.4, 0.5) is 5.69 Å². The lowest BCUT2D eigenvalue weighted by atomic mass is 10.2. The Kier molecular flexibility index (Phi) is 6.29. The molecule has 0 aliphatic heterocycles. The molecule has 0 N–H and O–H groups in total. The van der Waals surface area contributed by atoms with Crippen molar-refractivity contribution < 1.29 is 0 Å². The second-order valence-electron chi connectivity index (χ2n) is 6.91. The highest BCUT2D eigenvalue weighted by molar-refractivity contribution is 9.10. The molecule has 0 spiro atoms. The van der Waals surface area contributed by atoms with Crippen LogP contribution in [0.1, 0.15) is 45.0 Å². The fourth-order valence-electron chi connectivity index (χ4n) is 3.14. The molecule has 6 heteroatoms. The van der Waals surface area contributed by atoms with Crippen LogP contribution >= 0.6 is 15.9 Å². The van der Waals surface area contributed by atoms with Crippen LogP contribution < -0.4 is 10.5 Å². The fourth-order valence-corrected chi connectivity index (χ4v) is 3.50. The van der Waals surface area contributed by atoms with Gasteiger partial charge in [0.2, 0.25) is 0 Å². The van der Waals surface area contributed by atoms with Gasteiger partial charge in [0.05, 0.1) is 17.1 Å². The van der Waals surface area contributed by atoms with Crippen molar-refractivity contribution in [2.24, 2.45) is 5.10 Å². The number of fused-ring (bicyclic) bond motifs is 1. The van der Waals surface area contributed by atoms with E-state index in [1.54, 1.807) is 12.3 Å². The summed E-state index contributed by atoms with van der Waals surface area (Å²) in [5.41, 5.74) is 2.64. The highest BCUT2D eigenvalue weighted by Gasteiger charge is 2.13. The molecule has 0 unspecified atom stereocenters. The largest absolute Gasteiger partial charge is 0.372 e. The van der Waals surface area contributed by atoms with E-state index < -0.39 is 0 Å². The third kappa shape index (κ3) is 4.17. The molecule has 1 heterocycles. The molecule has 3 aromatic rings. The highest BCUT2D eigenvalue weighted by atomic mass is 79.9. The first-order valence-electron chi connectivity index (χ1n) is 9.56. The highest BCUT2D eigenvalue weighted by Crippen LogP contribution is 2.19. The summed E-state index contributed by atoms with van der Waals surface area (Å²) in [4.78, 5) is 20.0. The first-order valence-corrected chi connectivity index (χ1v) is 10.4. The maximum Gasteiger partial charge on any atom is 0.282 e. The first-order chi connectivity index (χ1) is 13.4. The van der Waals surface area contributed by atoms with E-state index in [0.29, 0.717) is 16.7 Å². The number of halogens is 1. The van der Waals surface area contributed by atoms with Gasteiger partial charge in [-0.3, -0.25) is 4.79 Å². The fraction of sp³-hybridized carbons (Fsp3) is 0.318. The van der Waals surface area contributed by atoms with Crippen LogP contribution in [0.2, 0.25) is 0 Å². The van der Waals surface area contributed by atoms with Crippen molar-refractivity contribution in [1.29, 1.82) is 0 Å². The van der Waals surface area contributed by atoms with E-state index in [-0.39, 0.29) is 11.5 Å². The minimum Gasteiger partial charge on any atom is -0.372 e. The number of hydrogen-bond acceptors (Lipinski definition) is 4. The van der Waals surface area contributed by atoms with Gasteiger partial charge < -0.3 is 4.90 Å². The Bertz CT molecular complexity index is 1050. The number of anilines is 1. The van der Waals surface area contributed by atoms with Gasteiger partial charge in [0.25, 0.3) is 5.56 Å². The zero-order chi connectivity index (χ0) is 20.3. The van der Waals surface area contributed by atoms with Gasteiger partial charge in [0.15, 0.2) is 0 Å². The quantitative estimate of drug-likeness (QED) is 0.506. The molecule has 2 aromatic carbocycles. The van der Waals surface area contributed by atoms with E-state index in [1.165, 1.54) is 10.4 Å². The lowest BCUT2D eigenvalue weighted by Gasteiger charge is -2.20. The van der Waals surface area contributed by atoms with Crippen LogP contribution in [-0.4, -0.2) is 29.0 Å². The second-order valence-corrected chi connectivity index (χ2v) is 7.83. The zero-order valence-corrected chi connectivity index (χ0v) is 18.3. The third-order valence-corrected chi connectivity index (χ3v) is 5.19. The molecule has 0 amide bonds. The first kappa shape index (κ1) is 20.3. The Morgan fingerprint density at radius 2 is 1.82 bits per heavy atom. The normalized spacial score (nSPS) is 11.6. The molecule has 0 radical (unpaired) electrons. The number of rotatable bonds is 6. The Hall–Kier alpha value is -2.47. The molecule has 0 aliphatic carbocycles. The van der Waals surface area contributed by atoms with Crippen LogP contribution in [0.3, 0.4) is 0 Å². The van der Waals surface area contributed by atoms with Crippen molar-refractivity contribution in [3.8, 4) is 0 Å². The van der Waals surface area contributed by atoms with Crippen molar-refractivity contribution in [2.75, 3.05) is 18.0 Å². The molecule has 146 valence electrons. The maximum atomic E-state index is 13.0. The van der Waals surface area contributed by atoms with Crippen molar-refractivity contribution in [1.82, 2.24) is 9.66 Å². The molecule has 3 rings (SSSR count). The SMILES string of the molecule is CCN(CC)c1ccc(C=Nn2c(C(C)C)nc3ccc(Br)cc3c2=O)cc1. The minimum absolute atomic E-state index is 0.0722. The van der Waals surface area contributed by atoms with E-state index in [0.717, 1.165) is 23.1 Å². The van der Waals surface area contributed by atoms with E-state index in [1.807, 2.05) is 38.1 Å². The van der Waals surface area contributed by atoms with Crippen LogP contribution in [-0.2, 0) is 0 Å². The molecule has 0 bridgehead atoms. The van der Waals surface area contributed by atoms with Crippen LogP contribution in [0.15, 0.2) is 56.8 Å². The van der Waals surface area contributed by atoms with E-state index in [2.05, 4.69) is 56.9 Å². The third-order valence-electron chi connectivity index (χ3n) is 4.69. The smallest absolute Gasteiger partial charge is 0.282 e. The molecular weight excluding hydrogens is 416 g/mol. The van der Waals surface area contributed by atoms with Gasteiger partial charge in [-0.05, 0) is 49.7 Å². The molecule has 1 aromatic heterocycles. The predicted octanol–water partition coefficient (Wildman–Crippen LogP) is 5.01. The van der Waals surface area contributed by atoms with Crippen molar-refractivity contribution >= 4 is 38.7 Å². The topological polar surface area (TPSA) is 50.5 Å². The average molecular weight is 441 g/mol. The predicted molar refractivity (Wildman–Crippen MR) is 121 cm³/mol. The van der Waals surface area contributed by atoms with Gasteiger partial charge in [-0.15, -0.1) is 0 Å². The summed E-state index contributed by atoms with van der Waals surface area (Å²) < 4.78 is 2.26. The molecule has 0 atom stereocenters. The summed E-state index contributed by atoms with van der Waals surface area (Å²) in [5, 5.41) is 5.03. The van der Waals surface area contributed by atoms with E-state index in [4.69, 9.17) is 0 Å². The zero-order valence-electron chi connectivity index (χ0n) is 16.7. The van der Waals surface area contributed by atoms with Gasteiger partial charge in [-0.1, -0.05) is 41.9 Å².